The van der Waals surface area contributed by atoms with E-state index in [1.54, 1.807) is 30.3 Å². The summed E-state index contributed by atoms with van der Waals surface area (Å²) in [7, 11) is 0. The van der Waals surface area contributed by atoms with Gasteiger partial charge in [0.05, 0.1) is 10.7 Å². The molecular formula is C15H13Cl2NO. The smallest absolute Gasteiger partial charge is 0.195 e. The van der Waals surface area contributed by atoms with E-state index in [1.807, 2.05) is 13.8 Å². The minimum atomic E-state index is -0.141. The third-order valence-electron chi connectivity index (χ3n) is 3.05. The normalized spacial score (nSPS) is 10.5. The molecule has 0 aliphatic rings. The van der Waals surface area contributed by atoms with Crippen molar-refractivity contribution < 1.29 is 4.79 Å². The number of hydrogen-bond donors (Lipinski definition) is 1. The molecule has 0 aliphatic heterocycles. The molecule has 4 heteroatoms. The quantitative estimate of drug-likeness (QED) is 0.658. The van der Waals surface area contributed by atoms with Gasteiger partial charge in [0.2, 0.25) is 0 Å². The Balaban J connectivity index is 2.56. The minimum absolute atomic E-state index is 0.141. The number of anilines is 1. The Morgan fingerprint density at radius 2 is 1.68 bits per heavy atom. The fourth-order valence-corrected chi connectivity index (χ4v) is 2.30. The van der Waals surface area contributed by atoms with Gasteiger partial charge in [-0.05, 0) is 49.2 Å². The first-order chi connectivity index (χ1) is 8.91. The predicted molar refractivity (Wildman–Crippen MR) is 80.2 cm³/mol. The summed E-state index contributed by atoms with van der Waals surface area (Å²) in [4.78, 5) is 12.5. The van der Waals surface area contributed by atoms with E-state index in [1.165, 1.54) is 0 Å². The summed E-state index contributed by atoms with van der Waals surface area (Å²) in [5.41, 5.74) is 8.85. The Kier molecular flexibility index (Phi) is 3.83. The van der Waals surface area contributed by atoms with Crippen LogP contribution in [0.1, 0.15) is 27.0 Å². The number of para-hydroxylation sites is 1. The van der Waals surface area contributed by atoms with Crippen molar-refractivity contribution in [3.8, 4) is 0 Å². The average molecular weight is 294 g/mol. The summed E-state index contributed by atoms with van der Waals surface area (Å²) in [6.45, 7) is 3.71. The maximum Gasteiger partial charge on any atom is 0.195 e. The van der Waals surface area contributed by atoms with Crippen molar-refractivity contribution in [1.29, 1.82) is 0 Å². The Morgan fingerprint density at radius 3 is 2.37 bits per heavy atom. The molecule has 0 heterocycles. The number of nitrogen functional groups attached to an aromatic ring is 1. The van der Waals surface area contributed by atoms with Crippen LogP contribution in [0.3, 0.4) is 0 Å². The molecule has 98 valence electrons. The summed E-state index contributed by atoms with van der Waals surface area (Å²) in [6, 6.07) is 8.61. The van der Waals surface area contributed by atoms with E-state index in [0.29, 0.717) is 26.9 Å². The molecular weight excluding hydrogens is 281 g/mol. The van der Waals surface area contributed by atoms with Crippen LogP contribution in [-0.2, 0) is 0 Å². The van der Waals surface area contributed by atoms with E-state index >= 15 is 0 Å². The van der Waals surface area contributed by atoms with Crippen LogP contribution in [-0.4, -0.2) is 5.78 Å². The van der Waals surface area contributed by atoms with E-state index in [2.05, 4.69) is 0 Å². The summed E-state index contributed by atoms with van der Waals surface area (Å²) < 4.78 is 0. The molecule has 2 aromatic carbocycles. The third-order valence-corrected chi connectivity index (χ3v) is 3.78. The molecule has 0 unspecified atom stereocenters. The molecule has 2 rings (SSSR count). The number of ketones is 1. The first-order valence-electron chi connectivity index (χ1n) is 5.77. The lowest BCUT2D eigenvalue weighted by molar-refractivity contribution is 0.103. The van der Waals surface area contributed by atoms with E-state index in [4.69, 9.17) is 28.9 Å². The molecule has 0 aliphatic carbocycles. The van der Waals surface area contributed by atoms with E-state index in [0.717, 1.165) is 11.1 Å². The van der Waals surface area contributed by atoms with Crippen molar-refractivity contribution in [2.75, 3.05) is 5.73 Å². The van der Waals surface area contributed by atoms with Crippen LogP contribution >= 0.6 is 23.2 Å². The van der Waals surface area contributed by atoms with Gasteiger partial charge in [0.25, 0.3) is 0 Å². The first-order valence-corrected chi connectivity index (χ1v) is 6.53. The Morgan fingerprint density at radius 1 is 1.00 bits per heavy atom. The highest BCUT2D eigenvalue weighted by Gasteiger charge is 2.17. The number of carbonyl (C=O) groups is 1. The van der Waals surface area contributed by atoms with Crippen LogP contribution in [0.15, 0.2) is 30.3 Å². The second-order valence-corrected chi connectivity index (χ2v) is 5.26. The van der Waals surface area contributed by atoms with Crippen molar-refractivity contribution in [2.45, 2.75) is 13.8 Å². The van der Waals surface area contributed by atoms with Crippen LogP contribution in [0, 0.1) is 13.8 Å². The number of nitrogens with two attached hydrogens (primary N) is 1. The maximum atomic E-state index is 12.5. The summed E-state index contributed by atoms with van der Waals surface area (Å²) in [5, 5.41) is 1.03. The predicted octanol–water partition coefficient (Wildman–Crippen LogP) is 4.42. The first kappa shape index (κ1) is 13.9. The number of benzene rings is 2. The molecule has 0 fully saturated rings. The number of hydrogen-bond acceptors (Lipinski definition) is 2. The Hall–Kier alpha value is -1.51. The largest absolute Gasteiger partial charge is 0.397 e. The van der Waals surface area contributed by atoms with Crippen LogP contribution in [0.25, 0.3) is 0 Å². The topological polar surface area (TPSA) is 43.1 Å². The molecule has 0 aromatic heterocycles. The van der Waals surface area contributed by atoms with Crippen LogP contribution in [0.2, 0.25) is 10.0 Å². The van der Waals surface area contributed by atoms with Gasteiger partial charge in [0.15, 0.2) is 5.78 Å². The van der Waals surface area contributed by atoms with Gasteiger partial charge in [-0.2, -0.15) is 0 Å². The monoisotopic (exact) mass is 293 g/mol. The van der Waals surface area contributed by atoms with Crippen molar-refractivity contribution in [2.24, 2.45) is 0 Å². The van der Waals surface area contributed by atoms with Crippen molar-refractivity contribution >= 4 is 34.7 Å². The van der Waals surface area contributed by atoms with Gasteiger partial charge in [-0.25, -0.2) is 0 Å². The number of aryl methyl sites for hydroxylation is 2. The lowest BCUT2D eigenvalue weighted by atomic mass is 9.96. The molecule has 0 radical (unpaired) electrons. The maximum absolute atomic E-state index is 12.5. The van der Waals surface area contributed by atoms with Crippen LogP contribution in [0.5, 0.6) is 0 Å². The lowest BCUT2D eigenvalue weighted by Crippen LogP contribution is -2.08. The zero-order valence-electron chi connectivity index (χ0n) is 10.6. The standard InChI is InChI=1S/C15H13Cl2NO/c1-8-7-13(17)9(2)6-11(8)15(19)10-4-3-5-12(16)14(10)18/h3-7H,18H2,1-2H3. The number of halogens is 2. The minimum Gasteiger partial charge on any atom is -0.397 e. The fourth-order valence-electron chi connectivity index (χ4n) is 1.91. The van der Waals surface area contributed by atoms with Gasteiger partial charge in [0.1, 0.15) is 0 Å². The zero-order chi connectivity index (χ0) is 14.2. The molecule has 0 saturated carbocycles. The highest BCUT2D eigenvalue weighted by Crippen LogP contribution is 2.27. The summed E-state index contributed by atoms with van der Waals surface area (Å²) in [6.07, 6.45) is 0. The van der Waals surface area contributed by atoms with E-state index in [9.17, 15) is 4.79 Å². The van der Waals surface area contributed by atoms with Crippen molar-refractivity contribution in [1.82, 2.24) is 0 Å². The molecule has 0 bridgehead atoms. The lowest BCUT2D eigenvalue weighted by Gasteiger charge is -2.10. The Bertz CT molecular complexity index is 665. The molecule has 0 spiro atoms. The van der Waals surface area contributed by atoms with E-state index < -0.39 is 0 Å². The van der Waals surface area contributed by atoms with Crippen LogP contribution in [0.4, 0.5) is 5.69 Å². The van der Waals surface area contributed by atoms with E-state index in [-0.39, 0.29) is 5.78 Å². The van der Waals surface area contributed by atoms with Gasteiger partial charge in [-0.3, -0.25) is 4.79 Å². The second kappa shape index (κ2) is 5.24. The highest BCUT2D eigenvalue weighted by atomic mass is 35.5. The SMILES string of the molecule is Cc1cc(C(=O)c2cccc(Cl)c2N)c(C)cc1Cl. The number of carbonyl (C=O) groups excluding carboxylic acids is 1. The molecule has 2 aromatic rings. The molecule has 0 amide bonds. The van der Waals surface area contributed by atoms with Gasteiger partial charge >= 0.3 is 0 Å². The van der Waals surface area contributed by atoms with Gasteiger partial charge in [0, 0.05) is 16.1 Å². The molecule has 0 atom stereocenters. The second-order valence-electron chi connectivity index (χ2n) is 4.45. The molecule has 0 saturated heterocycles. The fraction of sp³-hybridized carbons (Fsp3) is 0.133. The average Bonchev–Trinajstić information content (AvgIpc) is 2.36. The summed E-state index contributed by atoms with van der Waals surface area (Å²) >= 11 is 12.0. The third kappa shape index (κ3) is 2.60. The Labute approximate surface area is 122 Å². The summed E-state index contributed by atoms with van der Waals surface area (Å²) in [5.74, 6) is -0.141. The highest BCUT2D eigenvalue weighted by molar-refractivity contribution is 6.34. The molecule has 2 nitrogen and oxygen atoms in total. The van der Waals surface area contributed by atoms with Gasteiger partial charge in [-0.15, -0.1) is 0 Å². The van der Waals surface area contributed by atoms with Gasteiger partial charge in [-0.1, -0.05) is 29.3 Å². The van der Waals surface area contributed by atoms with Crippen molar-refractivity contribution in [3.63, 3.8) is 0 Å². The molecule has 19 heavy (non-hydrogen) atoms. The number of rotatable bonds is 2. The van der Waals surface area contributed by atoms with Gasteiger partial charge < -0.3 is 5.73 Å². The zero-order valence-corrected chi connectivity index (χ0v) is 12.1. The molecule has 2 N–H and O–H groups in total. The van der Waals surface area contributed by atoms with Crippen LogP contribution < -0.4 is 5.73 Å². The van der Waals surface area contributed by atoms with Crippen molar-refractivity contribution in [3.05, 3.63) is 62.6 Å².